The van der Waals surface area contributed by atoms with Crippen molar-refractivity contribution >= 4 is 17.6 Å². The summed E-state index contributed by atoms with van der Waals surface area (Å²) < 4.78 is 2.00. The fourth-order valence-corrected chi connectivity index (χ4v) is 2.77. The van der Waals surface area contributed by atoms with Gasteiger partial charge in [-0.05, 0) is 31.2 Å². The van der Waals surface area contributed by atoms with E-state index in [-0.39, 0.29) is 18.5 Å². The molecule has 0 spiro atoms. The first-order chi connectivity index (χ1) is 11.6. The van der Waals surface area contributed by atoms with Crippen LogP contribution in [0.2, 0.25) is 0 Å². The first-order valence-electron chi connectivity index (χ1n) is 8.14. The maximum atomic E-state index is 12.5. The number of rotatable bonds is 6. The SMILES string of the molecule is Cc1ccc(N2CCN(CC(=O)NCCn3cccc3)C2=O)cc1. The van der Waals surface area contributed by atoms with Gasteiger partial charge in [-0.1, -0.05) is 17.7 Å². The molecule has 0 unspecified atom stereocenters. The Labute approximate surface area is 141 Å². The normalized spacial score (nSPS) is 14.3. The molecule has 3 amide bonds. The number of benzene rings is 1. The number of carbonyl (C=O) groups is 2. The summed E-state index contributed by atoms with van der Waals surface area (Å²) in [6, 6.07) is 11.6. The van der Waals surface area contributed by atoms with Gasteiger partial charge in [0.15, 0.2) is 0 Å². The quantitative estimate of drug-likeness (QED) is 0.881. The number of nitrogens with zero attached hydrogens (tertiary/aromatic N) is 3. The molecular weight excluding hydrogens is 304 g/mol. The van der Waals surface area contributed by atoms with Gasteiger partial charge >= 0.3 is 6.03 Å². The van der Waals surface area contributed by atoms with Gasteiger partial charge in [-0.2, -0.15) is 0 Å². The topological polar surface area (TPSA) is 57.6 Å². The summed E-state index contributed by atoms with van der Waals surface area (Å²) in [5, 5.41) is 2.86. The Kier molecular flexibility index (Phi) is 4.84. The fourth-order valence-electron chi connectivity index (χ4n) is 2.77. The number of aryl methyl sites for hydroxylation is 1. The summed E-state index contributed by atoms with van der Waals surface area (Å²) in [4.78, 5) is 27.8. The molecule has 24 heavy (non-hydrogen) atoms. The van der Waals surface area contributed by atoms with Crippen LogP contribution in [-0.2, 0) is 11.3 Å². The monoisotopic (exact) mass is 326 g/mol. The van der Waals surface area contributed by atoms with Crippen molar-refractivity contribution in [3.05, 3.63) is 54.4 Å². The number of aromatic nitrogens is 1. The van der Waals surface area contributed by atoms with E-state index in [1.165, 1.54) is 0 Å². The number of urea groups is 1. The van der Waals surface area contributed by atoms with Crippen molar-refractivity contribution in [3.63, 3.8) is 0 Å². The molecule has 1 aliphatic heterocycles. The maximum Gasteiger partial charge on any atom is 0.325 e. The van der Waals surface area contributed by atoms with Gasteiger partial charge < -0.3 is 14.8 Å². The standard InChI is InChI=1S/C18H22N4O2/c1-15-4-6-16(7-5-15)22-13-12-21(18(22)24)14-17(23)19-8-11-20-9-2-3-10-20/h2-7,9-10H,8,11-14H2,1H3,(H,19,23). The number of anilines is 1. The van der Waals surface area contributed by atoms with Crippen molar-refractivity contribution in [2.45, 2.75) is 13.5 Å². The molecule has 6 heteroatoms. The second-order valence-electron chi connectivity index (χ2n) is 5.96. The van der Waals surface area contributed by atoms with Crippen molar-refractivity contribution in [3.8, 4) is 0 Å². The maximum absolute atomic E-state index is 12.5. The molecule has 1 N–H and O–H groups in total. The summed E-state index contributed by atoms with van der Waals surface area (Å²) in [5.74, 6) is -0.124. The number of amides is 3. The predicted octanol–water partition coefficient (Wildman–Crippen LogP) is 1.85. The van der Waals surface area contributed by atoms with Crippen LogP contribution in [0.3, 0.4) is 0 Å². The number of hydrogen-bond donors (Lipinski definition) is 1. The third-order valence-electron chi connectivity index (χ3n) is 4.13. The Morgan fingerprint density at radius 2 is 1.83 bits per heavy atom. The van der Waals surface area contributed by atoms with Crippen LogP contribution in [-0.4, -0.2) is 47.6 Å². The highest BCUT2D eigenvalue weighted by molar-refractivity contribution is 5.96. The molecule has 3 rings (SSSR count). The first-order valence-corrected chi connectivity index (χ1v) is 8.14. The first kappa shape index (κ1) is 16.1. The molecule has 0 aliphatic carbocycles. The van der Waals surface area contributed by atoms with Crippen molar-refractivity contribution in [2.75, 3.05) is 31.1 Å². The Balaban J connectivity index is 1.48. The van der Waals surface area contributed by atoms with E-state index in [0.29, 0.717) is 19.6 Å². The van der Waals surface area contributed by atoms with E-state index in [1.54, 1.807) is 9.80 Å². The summed E-state index contributed by atoms with van der Waals surface area (Å²) in [6.07, 6.45) is 3.91. The molecule has 0 saturated carbocycles. The van der Waals surface area contributed by atoms with Crippen molar-refractivity contribution in [2.24, 2.45) is 0 Å². The van der Waals surface area contributed by atoms with E-state index in [4.69, 9.17) is 0 Å². The Bertz CT molecular complexity index is 694. The number of hydrogen-bond acceptors (Lipinski definition) is 2. The molecule has 0 atom stereocenters. The van der Waals surface area contributed by atoms with Gasteiger partial charge in [0.1, 0.15) is 6.54 Å². The highest BCUT2D eigenvalue weighted by atomic mass is 16.2. The lowest BCUT2D eigenvalue weighted by molar-refractivity contribution is -0.121. The van der Waals surface area contributed by atoms with E-state index in [1.807, 2.05) is 60.3 Å². The van der Waals surface area contributed by atoms with Gasteiger partial charge in [-0.3, -0.25) is 9.69 Å². The zero-order chi connectivity index (χ0) is 16.9. The van der Waals surface area contributed by atoms with Crippen LogP contribution < -0.4 is 10.2 Å². The third kappa shape index (κ3) is 3.76. The van der Waals surface area contributed by atoms with Crippen molar-refractivity contribution in [1.82, 2.24) is 14.8 Å². The average Bonchev–Trinajstić information content (AvgIpc) is 3.20. The Morgan fingerprint density at radius 3 is 2.54 bits per heavy atom. The average molecular weight is 326 g/mol. The minimum absolute atomic E-state index is 0.104. The zero-order valence-electron chi connectivity index (χ0n) is 13.8. The van der Waals surface area contributed by atoms with Gasteiger partial charge in [-0.25, -0.2) is 4.79 Å². The van der Waals surface area contributed by atoms with Gasteiger partial charge in [0.2, 0.25) is 5.91 Å². The van der Waals surface area contributed by atoms with Crippen LogP contribution in [0.25, 0.3) is 0 Å². The number of carbonyl (C=O) groups excluding carboxylic acids is 2. The summed E-state index contributed by atoms with van der Waals surface area (Å²) in [7, 11) is 0. The molecule has 1 aliphatic rings. The lowest BCUT2D eigenvalue weighted by Crippen LogP contribution is -2.40. The largest absolute Gasteiger partial charge is 0.353 e. The predicted molar refractivity (Wildman–Crippen MR) is 92.9 cm³/mol. The summed E-state index contributed by atoms with van der Waals surface area (Å²) in [5.41, 5.74) is 2.03. The summed E-state index contributed by atoms with van der Waals surface area (Å²) in [6.45, 7) is 4.57. The lowest BCUT2D eigenvalue weighted by atomic mass is 10.2. The molecule has 0 radical (unpaired) electrons. The van der Waals surface area contributed by atoms with Crippen LogP contribution in [0.1, 0.15) is 5.56 Å². The van der Waals surface area contributed by atoms with Crippen LogP contribution >= 0.6 is 0 Å². The lowest BCUT2D eigenvalue weighted by Gasteiger charge is -2.18. The molecule has 2 aromatic rings. The van der Waals surface area contributed by atoms with E-state index in [9.17, 15) is 9.59 Å². The molecular formula is C18H22N4O2. The van der Waals surface area contributed by atoms with Gasteiger partial charge in [-0.15, -0.1) is 0 Å². The molecule has 1 aromatic carbocycles. The molecule has 126 valence electrons. The van der Waals surface area contributed by atoms with Crippen LogP contribution in [0.5, 0.6) is 0 Å². The second kappa shape index (κ2) is 7.21. The van der Waals surface area contributed by atoms with E-state index < -0.39 is 0 Å². The van der Waals surface area contributed by atoms with E-state index in [0.717, 1.165) is 17.8 Å². The molecule has 1 aromatic heterocycles. The fraction of sp³-hybridized carbons (Fsp3) is 0.333. The molecule has 6 nitrogen and oxygen atoms in total. The van der Waals surface area contributed by atoms with E-state index >= 15 is 0 Å². The summed E-state index contributed by atoms with van der Waals surface area (Å²) >= 11 is 0. The second-order valence-corrected chi connectivity index (χ2v) is 5.96. The highest BCUT2D eigenvalue weighted by Gasteiger charge is 2.30. The van der Waals surface area contributed by atoms with Crippen LogP contribution in [0.4, 0.5) is 10.5 Å². The minimum atomic E-state index is -0.124. The minimum Gasteiger partial charge on any atom is -0.353 e. The van der Waals surface area contributed by atoms with Crippen molar-refractivity contribution < 1.29 is 9.59 Å². The van der Waals surface area contributed by atoms with Gasteiger partial charge in [0.25, 0.3) is 0 Å². The third-order valence-corrected chi connectivity index (χ3v) is 4.13. The van der Waals surface area contributed by atoms with Crippen LogP contribution in [0, 0.1) is 6.92 Å². The van der Waals surface area contributed by atoms with E-state index in [2.05, 4.69) is 5.32 Å². The molecule has 0 bridgehead atoms. The van der Waals surface area contributed by atoms with Gasteiger partial charge in [0.05, 0.1) is 0 Å². The number of nitrogens with one attached hydrogen (secondary N) is 1. The smallest absolute Gasteiger partial charge is 0.325 e. The van der Waals surface area contributed by atoms with Crippen molar-refractivity contribution in [1.29, 1.82) is 0 Å². The molecule has 2 heterocycles. The molecule has 1 saturated heterocycles. The van der Waals surface area contributed by atoms with Gasteiger partial charge in [0, 0.05) is 44.3 Å². The Morgan fingerprint density at radius 1 is 1.12 bits per heavy atom. The highest BCUT2D eigenvalue weighted by Crippen LogP contribution is 2.20. The van der Waals surface area contributed by atoms with Crippen LogP contribution in [0.15, 0.2) is 48.8 Å². The Hall–Kier alpha value is -2.76. The zero-order valence-corrected chi connectivity index (χ0v) is 13.8. The molecule has 1 fully saturated rings.